The zero-order chi connectivity index (χ0) is 22.4. The quantitative estimate of drug-likeness (QED) is 0.288. The van der Waals surface area contributed by atoms with Gasteiger partial charge < -0.3 is 15.4 Å². The van der Waals surface area contributed by atoms with Gasteiger partial charge in [-0.3, -0.25) is 4.79 Å². The van der Waals surface area contributed by atoms with Crippen molar-refractivity contribution in [3.63, 3.8) is 0 Å². The number of aromatic nitrogens is 4. The van der Waals surface area contributed by atoms with E-state index in [0.29, 0.717) is 23.1 Å². The van der Waals surface area contributed by atoms with Crippen LogP contribution in [0.5, 0.6) is 5.75 Å². The van der Waals surface area contributed by atoms with Gasteiger partial charge in [-0.2, -0.15) is 0 Å². The third-order valence-electron chi connectivity index (χ3n) is 4.26. The second-order valence-electron chi connectivity index (χ2n) is 6.29. The molecule has 0 aliphatic carbocycles. The number of ether oxygens (including phenoxy) is 1. The van der Waals surface area contributed by atoms with Gasteiger partial charge in [0.25, 0.3) is 5.91 Å². The van der Waals surface area contributed by atoms with Crippen LogP contribution < -0.4 is 19.9 Å². The Morgan fingerprint density at radius 1 is 1.29 bits per heavy atom. The molecule has 1 atom stereocenters. The molecular formula is C19H19Cl2N6O3S+. The molecule has 162 valence electrons. The smallest absolute Gasteiger partial charge is 0.317 e. The van der Waals surface area contributed by atoms with Crippen molar-refractivity contribution >= 4 is 44.0 Å². The lowest BCUT2D eigenvalue weighted by molar-refractivity contribution is -0.682. The molecule has 0 aliphatic heterocycles. The summed E-state index contributed by atoms with van der Waals surface area (Å²) in [5, 5.41) is 6.18. The van der Waals surface area contributed by atoms with Crippen LogP contribution in [0.1, 0.15) is 21.7 Å². The Morgan fingerprint density at radius 3 is 2.77 bits per heavy atom. The van der Waals surface area contributed by atoms with Gasteiger partial charge in [-0.25, -0.2) is 18.7 Å². The highest BCUT2D eigenvalue weighted by Crippen LogP contribution is 2.25. The van der Waals surface area contributed by atoms with E-state index in [1.165, 1.54) is 13.3 Å². The maximum atomic E-state index is 12.8. The van der Waals surface area contributed by atoms with Crippen LogP contribution >= 0.6 is 22.3 Å². The molecule has 3 rings (SSSR count). The molecule has 3 aromatic rings. The number of nitrogens with zero attached hydrogens (tertiary/aromatic N) is 4. The number of carbonyl (C=O) groups excluding carboxylic acids is 1. The van der Waals surface area contributed by atoms with Gasteiger partial charge >= 0.3 is 5.82 Å². The lowest BCUT2D eigenvalue weighted by atomic mass is 10.2. The van der Waals surface area contributed by atoms with Crippen molar-refractivity contribution in [3.05, 3.63) is 64.8 Å². The minimum absolute atomic E-state index is 0.107. The molecule has 1 amide bonds. The molecule has 2 aromatic heterocycles. The van der Waals surface area contributed by atoms with E-state index < -0.39 is 15.9 Å². The average molecular weight is 482 g/mol. The van der Waals surface area contributed by atoms with Gasteiger partial charge in [0.1, 0.15) is 29.9 Å². The molecule has 0 radical (unpaired) electrons. The van der Waals surface area contributed by atoms with Crippen molar-refractivity contribution < 1.29 is 18.3 Å². The zero-order valence-electron chi connectivity index (χ0n) is 16.6. The normalized spacial score (nSPS) is 11.6. The summed E-state index contributed by atoms with van der Waals surface area (Å²) in [6, 6.07) is 7.08. The number of methoxy groups -OCH3 is 1. The topological polar surface area (TPSA) is 110 Å². The first kappa shape index (κ1) is 22.9. The second-order valence-corrected chi connectivity index (χ2v) is 8.35. The number of halogens is 2. The van der Waals surface area contributed by atoms with Crippen LogP contribution in [-0.2, 0) is 30.2 Å². The molecule has 2 N–H and O–H groups in total. The van der Waals surface area contributed by atoms with E-state index in [9.17, 15) is 9.00 Å². The predicted molar refractivity (Wildman–Crippen MR) is 116 cm³/mol. The van der Waals surface area contributed by atoms with Gasteiger partial charge in [-0.1, -0.05) is 22.7 Å². The van der Waals surface area contributed by atoms with Gasteiger partial charge in [0.15, 0.2) is 10.0 Å². The van der Waals surface area contributed by atoms with Gasteiger partial charge in [0, 0.05) is 18.8 Å². The number of carbonyl (C=O) groups is 1. The molecule has 0 saturated heterocycles. The predicted octanol–water partition coefficient (Wildman–Crippen LogP) is 2.16. The van der Waals surface area contributed by atoms with Crippen LogP contribution in [0.25, 0.3) is 0 Å². The molecule has 12 heteroatoms. The van der Waals surface area contributed by atoms with E-state index in [1.807, 2.05) is 19.3 Å². The lowest BCUT2D eigenvalue weighted by Gasteiger charge is -2.12. The van der Waals surface area contributed by atoms with E-state index in [2.05, 4.69) is 25.6 Å². The summed E-state index contributed by atoms with van der Waals surface area (Å²) in [4.78, 5) is 25.1. The third-order valence-corrected chi connectivity index (χ3v) is 5.46. The van der Waals surface area contributed by atoms with Crippen molar-refractivity contribution in [2.24, 2.45) is 7.05 Å². The Hall–Kier alpha value is -2.82. The number of rotatable bonds is 8. The van der Waals surface area contributed by atoms with Crippen molar-refractivity contribution in [2.45, 2.75) is 18.2 Å². The summed E-state index contributed by atoms with van der Waals surface area (Å²) in [6.45, 7) is 0.497. The molecule has 2 heterocycles. The molecule has 0 aliphatic rings. The van der Waals surface area contributed by atoms with Crippen molar-refractivity contribution in [3.8, 4) is 5.75 Å². The Bertz CT molecular complexity index is 1130. The van der Waals surface area contributed by atoms with Crippen LogP contribution in [0.15, 0.2) is 48.0 Å². The fraction of sp³-hybridized carbons (Fsp3) is 0.211. The van der Waals surface area contributed by atoms with Gasteiger partial charge in [-0.15, -0.1) is 0 Å². The van der Waals surface area contributed by atoms with Crippen LogP contribution in [0.4, 0.5) is 5.82 Å². The van der Waals surface area contributed by atoms with E-state index in [-0.39, 0.29) is 23.1 Å². The number of nitrogens with one attached hydrogen (secondary N) is 2. The summed E-state index contributed by atoms with van der Waals surface area (Å²) < 4.78 is 18.5. The van der Waals surface area contributed by atoms with Gasteiger partial charge in [-0.05, 0) is 28.4 Å². The van der Waals surface area contributed by atoms with E-state index >= 15 is 0 Å². The Morgan fingerprint density at radius 2 is 2.10 bits per heavy atom. The fourth-order valence-corrected chi connectivity index (χ4v) is 3.45. The Balaban J connectivity index is 1.80. The van der Waals surface area contributed by atoms with E-state index in [0.717, 1.165) is 5.56 Å². The number of hydrogen-bond donors (Lipinski definition) is 2. The molecule has 0 bridgehead atoms. The summed E-state index contributed by atoms with van der Waals surface area (Å²) in [5.41, 5.74) is 0.994. The SMILES string of the molecule is COc1ccc(CNc2nc(S(=O)Cl)ncc2C(=O)NCc2nccc[n+]2C)cc1Cl. The number of anilines is 1. The van der Waals surface area contributed by atoms with Crippen molar-refractivity contribution in [1.29, 1.82) is 0 Å². The van der Waals surface area contributed by atoms with Crippen LogP contribution in [0.2, 0.25) is 5.02 Å². The van der Waals surface area contributed by atoms with E-state index in [4.69, 9.17) is 27.0 Å². The van der Waals surface area contributed by atoms with Crippen LogP contribution in [0.3, 0.4) is 0 Å². The number of aryl methyl sites for hydroxylation is 1. The van der Waals surface area contributed by atoms with Gasteiger partial charge in [0.05, 0.1) is 25.4 Å². The first-order chi connectivity index (χ1) is 14.9. The van der Waals surface area contributed by atoms with Crippen LogP contribution in [-0.4, -0.2) is 32.2 Å². The monoisotopic (exact) mass is 481 g/mol. The summed E-state index contributed by atoms with van der Waals surface area (Å²) in [7, 11) is 7.05. The molecule has 1 aromatic carbocycles. The number of amides is 1. The van der Waals surface area contributed by atoms with Crippen molar-refractivity contribution in [1.82, 2.24) is 20.3 Å². The maximum Gasteiger partial charge on any atom is 0.317 e. The molecule has 1 unspecified atom stereocenters. The molecule has 0 fully saturated rings. The lowest BCUT2D eigenvalue weighted by Crippen LogP contribution is -2.38. The molecule has 0 spiro atoms. The maximum absolute atomic E-state index is 12.8. The highest BCUT2D eigenvalue weighted by molar-refractivity contribution is 8.08. The number of benzene rings is 1. The summed E-state index contributed by atoms with van der Waals surface area (Å²) >= 11 is 6.16. The second kappa shape index (κ2) is 10.5. The Labute approximate surface area is 190 Å². The largest absolute Gasteiger partial charge is 0.495 e. The Kier molecular flexibility index (Phi) is 7.72. The van der Waals surface area contributed by atoms with Crippen molar-refractivity contribution in [2.75, 3.05) is 12.4 Å². The van der Waals surface area contributed by atoms with E-state index in [1.54, 1.807) is 29.0 Å². The highest BCUT2D eigenvalue weighted by atomic mass is 35.7. The summed E-state index contributed by atoms with van der Waals surface area (Å²) in [6.07, 6.45) is 4.75. The minimum Gasteiger partial charge on any atom is -0.495 e. The standard InChI is InChI=1S/C19H18Cl2N6O3S/c1-27-7-3-6-22-16(27)11-24-18(28)13-10-25-19(31(21)29)26-17(13)23-9-12-4-5-15(30-2)14(20)8-12/h3-8,10H,9,11H2,1-2H3,(H-,23,24,25,26,28)/p+1. The first-order valence-electron chi connectivity index (χ1n) is 8.98. The van der Waals surface area contributed by atoms with Gasteiger partial charge in [0.2, 0.25) is 5.16 Å². The summed E-state index contributed by atoms with van der Waals surface area (Å²) in [5.74, 6) is 0.981. The number of hydrogen-bond acceptors (Lipinski definition) is 7. The molecule has 0 saturated carbocycles. The highest BCUT2D eigenvalue weighted by Gasteiger charge is 2.18. The zero-order valence-corrected chi connectivity index (χ0v) is 19.0. The molecule has 31 heavy (non-hydrogen) atoms. The fourth-order valence-electron chi connectivity index (χ4n) is 2.65. The van der Waals surface area contributed by atoms with Crippen LogP contribution in [0, 0.1) is 0 Å². The third kappa shape index (κ3) is 5.87. The minimum atomic E-state index is -1.93. The average Bonchev–Trinajstić information content (AvgIpc) is 2.76. The molecule has 9 nitrogen and oxygen atoms in total. The first-order valence-corrected chi connectivity index (χ1v) is 11.3. The molecular weight excluding hydrogens is 463 g/mol.